The first-order valence-corrected chi connectivity index (χ1v) is 5.47. The lowest BCUT2D eigenvalue weighted by Crippen LogP contribution is -2.42. The molecule has 0 bridgehead atoms. The summed E-state index contributed by atoms with van der Waals surface area (Å²) in [6.07, 6.45) is 1.35. The molecule has 0 amide bonds. The van der Waals surface area contributed by atoms with E-state index in [-0.39, 0.29) is 12.6 Å². The molecule has 0 fully saturated rings. The molecule has 0 aliphatic carbocycles. The number of hydrogen-bond donors (Lipinski definition) is 2. The smallest absolute Gasteiger partial charge is 0.323 e. The van der Waals surface area contributed by atoms with Gasteiger partial charge in [0.05, 0.1) is 0 Å². The van der Waals surface area contributed by atoms with Crippen LogP contribution in [-0.4, -0.2) is 35.9 Å². The Morgan fingerprint density at radius 1 is 1.47 bits per heavy atom. The van der Waals surface area contributed by atoms with Crippen molar-refractivity contribution in [1.29, 1.82) is 0 Å². The molecule has 0 heterocycles. The number of esters is 1. The fourth-order valence-corrected chi connectivity index (χ4v) is 1.12. The van der Waals surface area contributed by atoms with Crippen molar-refractivity contribution in [2.75, 3.05) is 13.2 Å². The summed E-state index contributed by atoms with van der Waals surface area (Å²) in [6.45, 7) is 8.27. The second-order valence-corrected chi connectivity index (χ2v) is 4.55. The van der Waals surface area contributed by atoms with E-state index in [1.54, 1.807) is 0 Å². The Labute approximate surface area is 92.0 Å². The number of nitrogens with one attached hydrogen (secondary N) is 1. The Morgan fingerprint density at radius 3 is 2.47 bits per heavy atom. The van der Waals surface area contributed by atoms with Crippen molar-refractivity contribution < 1.29 is 14.6 Å². The highest BCUT2D eigenvalue weighted by Crippen LogP contribution is 2.09. The van der Waals surface area contributed by atoms with Crippen LogP contribution in [0.3, 0.4) is 0 Å². The van der Waals surface area contributed by atoms with E-state index in [4.69, 9.17) is 9.84 Å². The Bertz CT molecular complexity index is 187. The van der Waals surface area contributed by atoms with Gasteiger partial charge in [0.15, 0.2) is 0 Å². The monoisotopic (exact) mass is 217 g/mol. The largest absolute Gasteiger partial charge is 0.459 e. The fraction of sp³-hybridized carbons (Fsp3) is 0.909. The van der Waals surface area contributed by atoms with Gasteiger partial charge in [-0.2, -0.15) is 0 Å². The summed E-state index contributed by atoms with van der Waals surface area (Å²) in [5, 5.41) is 11.9. The Morgan fingerprint density at radius 2 is 2.07 bits per heavy atom. The van der Waals surface area contributed by atoms with Crippen LogP contribution in [0, 0.1) is 0 Å². The number of ether oxygens (including phenoxy) is 1. The predicted molar refractivity (Wildman–Crippen MR) is 59.6 cm³/mol. The van der Waals surface area contributed by atoms with Gasteiger partial charge in [0.25, 0.3) is 0 Å². The van der Waals surface area contributed by atoms with Crippen molar-refractivity contribution in [3.8, 4) is 0 Å². The minimum absolute atomic E-state index is 0.0133. The molecule has 0 spiro atoms. The zero-order valence-corrected chi connectivity index (χ0v) is 10.2. The van der Waals surface area contributed by atoms with E-state index >= 15 is 0 Å². The third-order valence-corrected chi connectivity index (χ3v) is 1.75. The van der Waals surface area contributed by atoms with Gasteiger partial charge in [-0.3, -0.25) is 4.79 Å². The summed E-state index contributed by atoms with van der Waals surface area (Å²) in [5.74, 6) is -0.287. The summed E-state index contributed by atoms with van der Waals surface area (Å²) in [4.78, 5) is 11.7. The van der Waals surface area contributed by atoms with Crippen LogP contribution in [0.25, 0.3) is 0 Å². The minimum atomic E-state index is -0.474. The molecule has 4 heteroatoms. The molecule has 0 radical (unpaired) electrons. The molecule has 0 aliphatic heterocycles. The molecule has 0 aliphatic rings. The van der Waals surface area contributed by atoms with E-state index in [1.807, 2.05) is 27.7 Å². The quantitative estimate of drug-likeness (QED) is 0.654. The Kier molecular flexibility index (Phi) is 6.52. The van der Waals surface area contributed by atoms with E-state index in [0.29, 0.717) is 6.42 Å². The van der Waals surface area contributed by atoms with Gasteiger partial charge < -0.3 is 15.2 Å². The predicted octanol–water partition coefficient (Wildman–Crippen LogP) is 1.08. The minimum Gasteiger partial charge on any atom is -0.459 e. The maximum atomic E-state index is 11.7. The molecule has 4 nitrogen and oxygen atoms in total. The molecule has 0 rings (SSSR count). The maximum Gasteiger partial charge on any atom is 0.323 e. The van der Waals surface area contributed by atoms with Crippen LogP contribution in [0.1, 0.15) is 40.5 Å². The molecule has 0 aromatic heterocycles. The first-order chi connectivity index (χ1) is 6.90. The molecule has 90 valence electrons. The van der Waals surface area contributed by atoms with Crippen molar-refractivity contribution in [2.24, 2.45) is 0 Å². The van der Waals surface area contributed by atoms with Crippen LogP contribution >= 0.6 is 0 Å². The molecule has 0 saturated heterocycles. The summed E-state index contributed by atoms with van der Waals surface area (Å²) in [6, 6.07) is -0.394. The van der Waals surface area contributed by atoms with E-state index in [9.17, 15) is 4.79 Å². The number of rotatable bonds is 6. The van der Waals surface area contributed by atoms with Gasteiger partial charge in [-0.05, 0) is 40.2 Å². The number of carbonyl (C=O) groups is 1. The average Bonchev–Trinajstić information content (AvgIpc) is 2.09. The lowest BCUT2D eigenvalue weighted by Gasteiger charge is -2.24. The zero-order chi connectivity index (χ0) is 11.9. The molecule has 0 aromatic rings. The highest BCUT2D eigenvalue weighted by molar-refractivity contribution is 5.76. The first-order valence-electron chi connectivity index (χ1n) is 5.47. The Hall–Kier alpha value is -0.610. The van der Waals surface area contributed by atoms with Gasteiger partial charge in [0.1, 0.15) is 11.6 Å². The van der Waals surface area contributed by atoms with Crippen molar-refractivity contribution in [3.05, 3.63) is 0 Å². The molecule has 2 N–H and O–H groups in total. The molecular formula is C11H23NO3. The lowest BCUT2D eigenvalue weighted by atomic mass is 10.1. The number of carbonyl (C=O) groups excluding carboxylic acids is 1. The molecule has 0 saturated carbocycles. The summed E-state index contributed by atoms with van der Waals surface area (Å²) < 4.78 is 5.24. The van der Waals surface area contributed by atoms with Crippen LogP contribution in [0.5, 0.6) is 0 Å². The normalized spacial score (nSPS) is 13.7. The van der Waals surface area contributed by atoms with Gasteiger partial charge in [0.2, 0.25) is 0 Å². The molecule has 15 heavy (non-hydrogen) atoms. The van der Waals surface area contributed by atoms with E-state index < -0.39 is 11.6 Å². The number of hydrogen-bond acceptors (Lipinski definition) is 4. The molecule has 1 atom stereocenters. The first kappa shape index (κ1) is 14.4. The molecular weight excluding hydrogens is 194 g/mol. The van der Waals surface area contributed by atoms with Crippen LogP contribution in [-0.2, 0) is 9.53 Å². The van der Waals surface area contributed by atoms with Crippen LogP contribution in [0.2, 0.25) is 0 Å². The lowest BCUT2D eigenvalue weighted by molar-refractivity contribution is -0.157. The van der Waals surface area contributed by atoms with Crippen LogP contribution < -0.4 is 5.32 Å². The third kappa shape index (κ3) is 7.33. The van der Waals surface area contributed by atoms with Crippen molar-refractivity contribution in [1.82, 2.24) is 5.32 Å². The van der Waals surface area contributed by atoms with E-state index in [0.717, 1.165) is 13.0 Å². The van der Waals surface area contributed by atoms with Gasteiger partial charge in [-0.25, -0.2) is 0 Å². The van der Waals surface area contributed by atoms with Gasteiger partial charge in [0, 0.05) is 6.61 Å². The Balaban J connectivity index is 4.15. The molecule has 0 aromatic carbocycles. The van der Waals surface area contributed by atoms with Crippen LogP contribution in [0.4, 0.5) is 0 Å². The highest BCUT2D eigenvalue weighted by Gasteiger charge is 2.23. The maximum absolute atomic E-state index is 11.7. The SMILES string of the molecule is CCCN[C@@H](CCO)C(=O)OC(C)(C)C. The number of aliphatic hydroxyl groups is 1. The zero-order valence-electron chi connectivity index (χ0n) is 10.2. The second-order valence-electron chi connectivity index (χ2n) is 4.55. The van der Waals surface area contributed by atoms with Crippen molar-refractivity contribution in [2.45, 2.75) is 52.2 Å². The average molecular weight is 217 g/mol. The van der Waals surface area contributed by atoms with Gasteiger partial charge in [-0.15, -0.1) is 0 Å². The van der Waals surface area contributed by atoms with Gasteiger partial charge >= 0.3 is 5.97 Å². The highest BCUT2D eigenvalue weighted by atomic mass is 16.6. The van der Waals surface area contributed by atoms with Gasteiger partial charge in [-0.1, -0.05) is 6.92 Å². The topological polar surface area (TPSA) is 58.6 Å². The second kappa shape index (κ2) is 6.80. The van der Waals surface area contributed by atoms with E-state index in [2.05, 4.69) is 5.32 Å². The standard InChI is InChI=1S/C11H23NO3/c1-5-7-12-9(6-8-13)10(14)15-11(2,3)4/h9,12-13H,5-8H2,1-4H3/t9-/m0/s1. The number of aliphatic hydroxyl groups excluding tert-OH is 1. The molecule has 0 unspecified atom stereocenters. The van der Waals surface area contributed by atoms with Crippen LogP contribution in [0.15, 0.2) is 0 Å². The summed E-state index contributed by atoms with van der Waals surface area (Å²) in [5.41, 5.74) is -0.474. The summed E-state index contributed by atoms with van der Waals surface area (Å²) in [7, 11) is 0. The van der Waals surface area contributed by atoms with Crippen molar-refractivity contribution >= 4 is 5.97 Å². The van der Waals surface area contributed by atoms with Crippen molar-refractivity contribution in [3.63, 3.8) is 0 Å². The third-order valence-electron chi connectivity index (χ3n) is 1.75. The summed E-state index contributed by atoms with van der Waals surface area (Å²) >= 11 is 0. The van der Waals surface area contributed by atoms with E-state index in [1.165, 1.54) is 0 Å². The fourth-order valence-electron chi connectivity index (χ4n) is 1.12.